The lowest BCUT2D eigenvalue weighted by Crippen LogP contribution is -2.59. The Bertz CT molecular complexity index is 1290. The molecule has 42 heavy (non-hydrogen) atoms. The quantitative estimate of drug-likeness (QED) is 0.305. The number of ether oxygens (including phenoxy) is 1. The lowest BCUT2D eigenvalue weighted by Gasteiger charge is -2.58. The van der Waals surface area contributed by atoms with Gasteiger partial charge in [0.25, 0.3) is 0 Å². The molecule has 0 aromatic heterocycles. The Kier molecular flexibility index (Phi) is 9.87. The van der Waals surface area contributed by atoms with E-state index in [9.17, 15) is 0 Å². The number of halogens is 1. The van der Waals surface area contributed by atoms with Crippen LogP contribution < -0.4 is 9.64 Å². The number of methoxy groups -OCH3 is 1. The number of fused-ring (bicyclic) bond motifs is 3. The van der Waals surface area contributed by atoms with Crippen LogP contribution in [0.1, 0.15) is 60.8 Å². The maximum atomic E-state index is 5.51. The van der Waals surface area contributed by atoms with Gasteiger partial charge in [0, 0.05) is 29.4 Å². The monoisotopic (exact) mass is 587 g/mol. The summed E-state index contributed by atoms with van der Waals surface area (Å²) in [5.41, 5.74) is 9.39. The molecule has 2 aliphatic heterocycles. The third kappa shape index (κ3) is 5.96. The summed E-state index contributed by atoms with van der Waals surface area (Å²) >= 11 is 0. The number of hydrogen-bond donors (Lipinski definition) is 0. The summed E-state index contributed by atoms with van der Waals surface area (Å²) in [6.07, 6.45) is 11.7. The van der Waals surface area contributed by atoms with Gasteiger partial charge in [-0.3, -0.25) is 0 Å². The summed E-state index contributed by atoms with van der Waals surface area (Å²) in [6.45, 7) is 3.46. The fourth-order valence-electron chi connectivity index (χ4n) is 8.46. The van der Waals surface area contributed by atoms with Crippen molar-refractivity contribution >= 4 is 23.8 Å². The first-order valence-corrected chi connectivity index (χ1v) is 16.0. The van der Waals surface area contributed by atoms with E-state index in [0.717, 1.165) is 43.6 Å². The lowest BCUT2D eigenvalue weighted by molar-refractivity contribution is 0.00274. The summed E-state index contributed by atoms with van der Waals surface area (Å²) in [4.78, 5) is 7.40. The zero-order chi connectivity index (χ0) is 28.4. The number of rotatable bonds is 5. The maximum Gasteiger partial charge on any atom is 0.119 e. The number of nitrogens with zero attached hydrogens (tertiary/aromatic N) is 3. The van der Waals surface area contributed by atoms with E-state index in [4.69, 9.17) is 4.74 Å². The van der Waals surface area contributed by atoms with Crippen LogP contribution in [0.4, 0.5) is 11.4 Å². The van der Waals surface area contributed by atoms with Gasteiger partial charge in [0.15, 0.2) is 0 Å². The molecule has 2 heterocycles. The van der Waals surface area contributed by atoms with Crippen LogP contribution in [0.5, 0.6) is 5.75 Å². The second-order valence-corrected chi connectivity index (χ2v) is 13.1. The maximum absolute atomic E-state index is 5.51. The molecular formula is C37H50ClN3O. The standard InChI is InChI=1S/C19H24N2.C18H25NO.ClH/c1-20(2)14-7-15-21-18-10-5-3-8-16(18)12-13-17-9-4-6-11-19(17)21;1-19-10-9-18-8-4-3-5-15(18)17(19)11-13-6-7-14(20-2)12-16(13)18;/h3-6,8-11H,7,12-15H2,1-2H3;6-7,12,15,17H,3-5,8-11H2,1-2H3;1H/t;15-,17+,18+;/m.1./s1. The number of likely N-dealkylation sites (N-methyl/N-ethyl adjacent to an activating group) is 1. The van der Waals surface area contributed by atoms with E-state index in [0.29, 0.717) is 5.41 Å². The van der Waals surface area contributed by atoms with E-state index in [-0.39, 0.29) is 12.4 Å². The van der Waals surface area contributed by atoms with Crippen molar-refractivity contribution in [2.45, 2.75) is 69.2 Å². The Labute approximate surface area is 260 Å². The first kappa shape index (κ1) is 30.9. The molecule has 4 nitrogen and oxygen atoms in total. The summed E-state index contributed by atoms with van der Waals surface area (Å²) in [6, 6.07) is 25.3. The van der Waals surface area contributed by atoms with Gasteiger partial charge in [0.2, 0.25) is 0 Å². The van der Waals surface area contributed by atoms with E-state index < -0.39 is 0 Å². The van der Waals surface area contributed by atoms with Crippen molar-refractivity contribution in [2.24, 2.45) is 5.92 Å². The van der Waals surface area contributed by atoms with Crippen LogP contribution in [-0.4, -0.2) is 63.7 Å². The minimum atomic E-state index is 0. The molecule has 1 saturated heterocycles. The van der Waals surface area contributed by atoms with Crippen LogP contribution in [0, 0.1) is 5.92 Å². The molecule has 7 rings (SSSR count). The van der Waals surface area contributed by atoms with Gasteiger partial charge in [-0.25, -0.2) is 0 Å². The minimum Gasteiger partial charge on any atom is -0.497 e. The van der Waals surface area contributed by atoms with Gasteiger partial charge in [0.1, 0.15) is 5.75 Å². The van der Waals surface area contributed by atoms with Gasteiger partial charge in [-0.1, -0.05) is 55.3 Å². The van der Waals surface area contributed by atoms with Gasteiger partial charge in [-0.2, -0.15) is 0 Å². The Morgan fingerprint density at radius 1 is 0.881 bits per heavy atom. The summed E-state index contributed by atoms with van der Waals surface area (Å²) in [7, 11) is 8.41. The van der Waals surface area contributed by atoms with Crippen molar-refractivity contribution in [3.63, 3.8) is 0 Å². The second-order valence-electron chi connectivity index (χ2n) is 13.1. The molecule has 0 radical (unpaired) electrons. The predicted molar refractivity (Wildman–Crippen MR) is 179 cm³/mol. The summed E-state index contributed by atoms with van der Waals surface area (Å²) in [5.74, 6) is 1.91. The molecule has 1 saturated carbocycles. The SMILES string of the molecule is CN(C)CCCN1c2ccccc2CCc2ccccc21.COc1ccc2c(c1)[C@]13CCCC[C@@H]1[C@H](C2)N(C)CC3.Cl. The zero-order valence-electron chi connectivity index (χ0n) is 26.1. The van der Waals surface area contributed by atoms with Gasteiger partial charge in [-0.05, 0) is 132 Å². The summed E-state index contributed by atoms with van der Waals surface area (Å²) < 4.78 is 5.51. The highest BCUT2D eigenvalue weighted by atomic mass is 35.5. The first-order valence-electron chi connectivity index (χ1n) is 16.0. The first-order chi connectivity index (χ1) is 20.0. The Balaban J connectivity index is 0.000000164. The van der Waals surface area contributed by atoms with Crippen LogP contribution in [0.15, 0.2) is 66.7 Å². The van der Waals surface area contributed by atoms with Crippen LogP contribution in [-0.2, 0) is 24.7 Å². The Hall–Kier alpha value is -2.53. The van der Waals surface area contributed by atoms with Crippen LogP contribution >= 0.6 is 12.4 Å². The Morgan fingerprint density at radius 3 is 2.24 bits per heavy atom. The van der Waals surface area contributed by atoms with Gasteiger partial charge in [-0.15, -0.1) is 12.4 Å². The molecule has 2 fully saturated rings. The van der Waals surface area contributed by atoms with E-state index >= 15 is 0 Å². The number of piperidine rings is 1. The average molecular weight is 588 g/mol. The van der Waals surface area contributed by atoms with Crippen molar-refractivity contribution in [3.05, 3.63) is 89.0 Å². The molecule has 2 aliphatic carbocycles. The number of anilines is 2. The molecule has 4 aliphatic rings. The van der Waals surface area contributed by atoms with E-state index in [1.54, 1.807) is 18.2 Å². The fraction of sp³-hybridized carbons (Fsp3) is 0.514. The van der Waals surface area contributed by atoms with Gasteiger partial charge >= 0.3 is 0 Å². The highest BCUT2D eigenvalue weighted by Crippen LogP contribution is 2.55. The molecule has 2 bridgehead atoms. The summed E-state index contributed by atoms with van der Waals surface area (Å²) in [5, 5.41) is 0. The number of hydrogen-bond acceptors (Lipinski definition) is 4. The largest absolute Gasteiger partial charge is 0.497 e. The highest BCUT2D eigenvalue weighted by Gasteiger charge is 2.53. The molecule has 0 N–H and O–H groups in total. The normalized spacial score (nSPS) is 24.1. The molecule has 3 aromatic rings. The fourth-order valence-corrected chi connectivity index (χ4v) is 8.46. The van der Waals surface area contributed by atoms with Crippen LogP contribution in [0.3, 0.4) is 0 Å². The Morgan fingerprint density at radius 2 is 1.57 bits per heavy atom. The van der Waals surface area contributed by atoms with E-state index in [1.807, 2.05) is 0 Å². The second kappa shape index (κ2) is 13.4. The smallest absolute Gasteiger partial charge is 0.119 e. The molecule has 5 heteroatoms. The van der Waals surface area contributed by atoms with Crippen molar-refractivity contribution < 1.29 is 4.74 Å². The van der Waals surface area contributed by atoms with Crippen LogP contribution in [0.2, 0.25) is 0 Å². The number of benzene rings is 3. The van der Waals surface area contributed by atoms with Gasteiger partial charge in [0.05, 0.1) is 7.11 Å². The van der Waals surface area contributed by atoms with Crippen molar-refractivity contribution in [1.29, 1.82) is 0 Å². The number of para-hydroxylation sites is 2. The third-order valence-corrected chi connectivity index (χ3v) is 10.5. The van der Waals surface area contributed by atoms with Crippen molar-refractivity contribution in [1.82, 2.24) is 9.80 Å². The van der Waals surface area contributed by atoms with Crippen molar-refractivity contribution in [3.8, 4) is 5.75 Å². The molecule has 226 valence electrons. The number of aryl methyl sites for hydroxylation is 2. The zero-order valence-corrected chi connectivity index (χ0v) is 27.0. The molecule has 3 aromatic carbocycles. The van der Waals surface area contributed by atoms with Crippen molar-refractivity contribution in [2.75, 3.05) is 52.8 Å². The molecule has 0 amide bonds. The molecular weight excluding hydrogens is 538 g/mol. The van der Waals surface area contributed by atoms with Crippen LogP contribution in [0.25, 0.3) is 0 Å². The van der Waals surface area contributed by atoms with E-state index in [2.05, 4.69) is 103 Å². The minimum absolute atomic E-state index is 0. The third-order valence-electron chi connectivity index (χ3n) is 10.5. The molecule has 3 atom stereocenters. The number of likely N-dealkylation sites (tertiary alicyclic amines) is 1. The highest BCUT2D eigenvalue weighted by molar-refractivity contribution is 5.85. The lowest BCUT2D eigenvalue weighted by atomic mass is 9.52. The molecule has 0 unspecified atom stereocenters. The topological polar surface area (TPSA) is 19.0 Å². The average Bonchev–Trinajstić information content (AvgIpc) is 3.16. The predicted octanol–water partition coefficient (Wildman–Crippen LogP) is 7.68. The van der Waals surface area contributed by atoms with Gasteiger partial charge < -0.3 is 19.4 Å². The van der Waals surface area contributed by atoms with E-state index in [1.165, 1.54) is 74.0 Å². The molecule has 0 spiro atoms.